The molecule has 5 rings (SSSR count). The van der Waals surface area contributed by atoms with Crippen molar-refractivity contribution in [3.8, 4) is 17.2 Å². The molecule has 0 saturated heterocycles. The van der Waals surface area contributed by atoms with Crippen LogP contribution in [0, 0.1) is 0 Å². The van der Waals surface area contributed by atoms with Crippen LogP contribution in [0.4, 0.5) is 5.69 Å². The summed E-state index contributed by atoms with van der Waals surface area (Å²) < 4.78 is 22.5. The second-order valence-corrected chi connectivity index (χ2v) is 7.13. The third-order valence-corrected chi connectivity index (χ3v) is 5.66. The van der Waals surface area contributed by atoms with Gasteiger partial charge in [0.05, 0.1) is 26.3 Å². The van der Waals surface area contributed by atoms with Gasteiger partial charge in [-0.05, 0) is 49.1 Å². The van der Waals surface area contributed by atoms with E-state index in [1.165, 1.54) is 0 Å². The molecule has 3 aromatic rings. The smallest absolute Gasteiger partial charge is 0.339 e. The van der Waals surface area contributed by atoms with Gasteiger partial charge in [-0.3, -0.25) is 0 Å². The first kappa shape index (κ1) is 17.0. The van der Waals surface area contributed by atoms with E-state index in [1.54, 1.807) is 14.2 Å². The van der Waals surface area contributed by atoms with E-state index in [-0.39, 0.29) is 5.63 Å². The fourth-order valence-electron chi connectivity index (χ4n) is 4.24. The van der Waals surface area contributed by atoms with E-state index < -0.39 is 0 Å². The molecule has 0 saturated carbocycles. The number of benzene rings is 2. The van der Waals surface area contributed by atoms with E-state index in [2.05, 4.69) is 4.90 Å². The lowest BCUT2D eigenvalue weighted by Crippen LogP contribution is -2.32. The van der Waals surface area contributed by atoms with Gasteiger partial charge in [0, 0.05) is 22.7 Å². The van der Waals surface area contributed by atoms with Crippen molar-refractivity contribution in [2.75, 3.05) is 25.9 Å². The van der Waals surface area contributed by atoms with Gasteiger partial charge in [-0.1, -0.05) is 0 Å². The second-order valence-electron chi connectivity index (χ2n) is 7.13. The normalized spacial score (nSPS) is 15.1. The van der Waals surface area contributed by atoms with Gasteiger partial charge in [0.25, 0.3) is 0 Å². The molecule has 2 aromatic carbocycles. The summed E-state index contributed by atoms with van der Waals surface area (Å²) in [7, 11) is 3.23. The topological polar surface area (TPSA) is 61.1 Å². The Kier molecular flexibility index (Phi) is 3.93. The third kappa shape index (κ3) is 2.52. The summed E-state index contributed by atoms with van der Waals surface area (Å²) in [6.07, 6.45) is 2.74. The van der Waals surface area contributed by atoms with Gasteiger partial charge in [0.15, 0.2) is 18.2 Å². The zero-order valence-corrected chi connectivity index (χ0v) is 15.9. The number of ether oxygens (including phenoxy) is 3. The molecule has 2 heterocycles. The molecule has 0 atom stereocenters. The molecule has 6 nitrogen and oxygen atoms in total. The summed E-state index contributed by atoms with van der Waals surface area (Å²) >= 11 is 0. The molecule has 144 valence electrons. The minimum Gasteiger partial charge on any atom is -0.493 e. The van der Waals surface area contributed by atoms with Crippen LogP contribution in [0.1, 0.15) is 23.1 Å². The lowest BCUT2D eigenvalue weighted by atomic mass is 10.0. The number of rotatable bonds is 3. The highest BCUT2D eigenvalue weighted by molar-refractivity contribution is 5.87. The average molecular weight is 379 g/mol. The maximum atomic E-state index is 12.5. The number of hydrogen-bond acceptors (Lipinski definition) is 6. The number of hydrogen-bond donors (Lipinski definition) is 0. The molecule has 1 aliphatic carbocycles. The number of aryl methyl sites for hydroxylation is 1. The Bertz CT molecular complexity index is 1130. The number of fused-ring (bicyclic) bond motifs is 5. The van der Waals surface area contributed by atoms with Crippen LogP contribution in [0.3, 0.4) is 0 Å². The van der Waals surface area contributed by atoms with E-state index in [1.807, 2.05) is 30.3 Å². The number of methoxy groups -OCH3 is 2. The van der Waals surface area contributed by atoms with Gasteiger partial charge in [-0.15, -0.1) is 0 Å². The van der Waals surface area contributed by atoms with Gasteiger partial charge in [-0.25, -0.2) is 4.79 Å². The van der Waals surface area contributed by atoms with E-state index >= 15 is 0 Å². The van der Waals surface area contributed by atoms with Crippen molar-refractivity contribution in [3.05, 3.63) is 57.4 Å². The maximum Gasteiger partial charge on any atom is 0.339 e. The molecule has 0 bridgehead atoms. The molecule has 0 amide bonds. The molecule has 2 aliphatic rings. The first-order valence-electron chi connectivity index (χ1n) is 9.40. The second kappa shape index (κ2) is 6.48. The van der Waals surface area contributed by atoms with Crippen LogP contribution in [0.15, 0.2) is 39.5 Å². The Balaban J connectivity index is 1.59. The molecule has 0 radical (unpaired) electrons. The summed E-state index contributed by atoms with van der Waals surface area (Å²) in [6.45, 7) is 0.993. The summed E-state index contributed by atoms with van der Waals surface area (Å²) in [6, 6.07) is 9.77. The zero-order chi connectivity index (χ0) is 19.3. The van der Waals surface area contributed by atoms with Crippen LogP contribution < -0.4 is 24.7 Å². The SMILES string of the molecule is COc1ccc(N2COc3ccc4c5c(c(=O)oc4c3C2)CCC5)cc1OC. The van der Waals surface area contributed by atoms with E-state index in [0.717, 1.165) is 52.8 Å². The summed E-state index contributed by atoms with van der Waals surface area (Å²) in [5.74, 6) is 2.11. The Labute approximate surface area is 162 Å². The van der Waals surface area contributed by atoms with E-state index in [9.17, 15) is 4.79 Å². The highest BCUT2D eigenvalue weighted by Gasteiger charge is 2.26. The first-order chi connectivity index (χ1) is 13.7. The predicted molar refractivity (Wildman–Crippen MR) is 106 cm³/mol. The van der Waals surface area contributed by atoms with Crippen molar-refractivity contribution >= 4 is 16.7 Å². The minimum absolute atomic E-state index is 0.211. The van der Waals surface area contributed by atoms with Gasteiger partial charge in [-0.2, -0.15) is 0 Å². The fraction of sp³-hybridized carbons (Fsp3) is 0.318. The average Bonchev–Trinajstić information content (AvgIpc) is 3.24. The third-order valence-electron chi connectivity index (χ3n) is 5.66. The van der Waals surface area contributed by atoms with Crippen molar-refractivity contribution in [1.29, 1.82) is 0 Å². The van der Waals surface area contributed by atoms with E-state index in [4.69, 9.17) is 18.6 Å². The van der Waals surface area contributed by atoms with Crippen molar-refractivity contribution in [1.82, 2.24) is 0 Å². The molecule has 0 N–H and O–H groups in total. The number of nitrogens with zero attached hydrogens (tertiary/aromatic N) is 1. The van der Waals surface area contributed by atoms with Crippen molar-refractivity contribution in [2.45, 2.75) is 25.8 Å². The highest BCUT2D eigenvalue weighted by atomic mass is 16.5. The molecule has 6 heteroatoms. The lowest BCUT2D eigenvalue weighted by Gasteiger charge is -2.31. The quantitative estimate of drug-likeness (QED) is 0.648. The van der Waals surface area contributed by atoms with Crippen molar-refractivity contribution in [3.63, 3.8) is 0 Å². The van der Waals surface area contributed by atoms with Crippen LogP contribution in [0.5, 0.6) is 17.2 Å². The van der Waals surface area contributed by atoms with Crippen molar-refractivity contribution in [2.24, 2.45) is 0 Å². The summed E-state index contributed by atoms with van der Waals surface area (Å²) in [5.41, 5.74) is 4.26. The van der Waals surface area contributed by atoms with Gasteiger partial charge in [0.1, 0.15) is 11.3 Å². The minimum atomic E-state index is -0.211. The van der Waals surface area contributed by atoms with Gasteiger partial charge < -0.3 is 23.5 Å². The fourth-order valence-corrected chi connectivity index (χ4v) is 4.24. The maximum absolute atomic E-state index is 12.5. The Morgan fingerprint density at radius 3 is 2.61 bits per heavy atom. The molecule has 0 fully saturated rings. The highest BCUT2D eigenvalue weighted by Crippen LogP contribution is 2.38. The molecule has 1 aromatic heterocycles. The standard InChI is InChI=1S/C22H21NO5/c1-25-19-8-6-13(10-20(19)26-2)23-11-17-18(27-12-23)9-7-15-14-4-3-5-16(14)22(24)28-21(15)17/h6-10H,3-5,11-12H2,1-2H3. The molecular weight excluding hydrogens is 358 g/mol. The Morgan fingerprint density at radius 2 is 1.79 bits per heavy atom. The molecule has 1 aliphatic heterocycles. The number of anilines is 1. The van der Waals surface area contributed by atoms with Crippen LogP contribution in [-0.2, 0) is 19.4 Å². The largest absolute Gasteiger partial charge is 0.493 e. The van der Waals surface area contributed by atoms with Crippen LogP contribution in [0.2, 0.25) is 0 Å². The van der Waals surface area contributed by atoms with Crippen LogP contribution >= 0.6 is 0 Å². The van der Waals surface area contributed by atoms with Crippen molar-refractivity contribution < 1.29 is 18.6 Å². The first-order valence-corrected chi connectivity index (χ1v) is 9.40. The van der Waals surface area contributed by atoms with Crippen LogP contribution in [-0.4, -0.2) is 21.0 Å². The van der Waals surface area contributed by atoms with Crippen LogP contribution in [0.25, 0.3) is 11.0 Å². The molecular formula is C22H21NO5. The van der Waals surface area contributed by atoms with Gasteiger partial charge >= 0.3 is 5.63 Å². The Morgan fingerprint density at radius 1 is 0.964 bits per heavy atom. The predicted octanol–water partition coefficient (Wildman–Crippen LogP) is 3.66. The molecule has 28 heavy (non-hydrogen) atoms. The lowest BCUT2D eigenvalue weighted by molar-refractivity contribution is 0.288. The summed E-state index contributed by atoms with van der Waals surface area (Å²) in [4.78, 5) is 14.5. The van der Waals surface area contributed by atoms with E-state index in [0.29, 0.717) is 30.4 Å². The monoisotopic (exact) mass is 379 g/mol. The van der Waals surface area contributed by atoms with Gasteiger partial charge in [0.2, 0.25) is 0 Å². The Hall–Kier alpha value is -3.15. The molecule has 0 spiro atoms. The zero-order valence-electron chi connectivity index (χ0n) is 15.9. The molecule has 0 unspecified atom stereocenters. The summed E-state index contributed by atoms with van der Waals surface area (Å²) in [5, 5.41) is 1.03.